The Morgan fingerprint density at radius 1 is 1.14 bits per heavy atom. The molecule has 0 aromatic carbocycles. The second-order valence-electron chi connectivity index (χ2n) is 3.90. The molecular weight excluding hydrogens is 336 g/mol. The van der Waals surface area contributed by atoms with Crippen LogP contribution in [0, 0.1) is 0 Å². The van der Waals surface area contributed by atoms with Crippen molar-refractivity contribution in [2.75, 3.05) is 19.8 Å². The van der Waals surface area contributed by atoms with Crippen molar-refractivity contribution in [3.63, 3.8) is 0 Å². The van der Waals surface area contributed by atoms with E-state index >= 15 is 0 Å². The molecule has 0 radical (unpaired) electrons. The molecule has 0 spiro atoms. The van der Waals surface area contributed by atoms with E-state index in [1.807, 2.05) is 20.8 Å². The van der Waals surface area contributed by atoms with E-state index in [0.717, 1.165) is 11.3 Å². The molecule has 0 saturated heterocycles. The molecule has 1 N–H and O–H groups in total. The van der Waals surface area contributed by atoms with Crippen LogP contribution >= 0.6 is 11.3 Å². The van der Waals surface area contributed by atoms with Crippen LogP contribution in [-0.4, -0.2) is 41.6 Å². The summed E-state index contributed by atoms with van der Waals surface area (Å²) in [4.78, 5) is 0. The lowest BCUT2D eigenvalue weighted by Gasteiger charge is -2.28. The fourth-order valence-corrected chi connectivity index (χ4v) is 5.90. The predicted molar refractivity (Wildman–Crippen MR) is 80.8 cm³/mol. The summed E-state index contributed by atoms with van der Waals surface area (Å²) in [6, 6.07) is 1.97. The van der Waals surface area contributed by atoms with Gasteiger partial charge in [0.15, 0.2) is 0 Å². The van der Waals surface area contributed by atoms with E-state index in [2.05, 4.69) is 4.18 Å². The zero-order valence-electron chi connectivity index (χ0n) is 12.2. The molecule has 0 aliphatic rings. The Labute approximate surface area is 130 Å². The third-order valence-corrected chi connectivity index (χ3v) is 6.70. The van der Waals surface area contributed by atoms with E-state index in [4.69, 9.17) is 17.8 Å². The van der Waals surface area contributed by atoms with E-state index < -0.39 is 19.2 Å². The molecule has 0 atom stereocenters. The van der Waals surface area contributed by atoms with Gasteiger partial charge >= 0.3 is 19.2 Å². The first kappa shape index (κ1) is 18.6. The first-order valence-electron chi connectivity index (χ1n) is 6.51. The molecule has 0 fully saturated rings. The fourth-order valence-electron chi connectivity index (χ4n) is 1.79. The molecule has 0 unspecified atom stereocenters. The van der Waals surface area contributed by atoms with Crippen molar-refractivity contribution in [3.05, 3.63) is 17.0 Å². The van der Waals surface area contributed by atoms with Crippen LogP contribution in [-0.2, 0) is 29.7 Å². The molecule has 10 heteroatoms. The first-order valence-corrected chi connectivity index (χ1v) is 10.7. The average molecular weight is 356 g/mol. The monoisotopic (exact) mass is 356 g/mol. The van der Waals surface area contributed by atoms with Crippen molar-refractivity contribution >= 4 is 30.5 Å². The summed E-state index contributed by atoms with van der Waals surface area (Å²) in [5.41, 5.74) is 0.569. The molecule has 1 heterocycles. The minimum Gasteiger partial charge on any atom is -0.374 e. The number of hydrogen-bond donors (Lipinski definition) is 1. The van der Waals surface area contributed by atoms with E-state index in [-0.39, 0.29) is 11.1 Å². The molecule has 122 valence electrons. The van der Waals surface area contributed by atoms with Crippen LogP contribution in [0.15, 0.2) is 11.4 Å². The number of thiophene rings is 1. The van der Waals surface area contributed by atoms with Crippen LogP contribution in [0.25, 0.3) is 0 Å². The van der Waals surface area contributed by atoms with Crippen molar-refractivity contribution in [3.8, 4) is 5.06 Å². The Morgan fingerprint density at radius 2 is 1.67 bits per heavy atom. The Bertz CT molecular complexity index is 511. The van der Waals surface area contributed by atoms with E-state index in [0.29, 0.717) is 25.4 Å². The lowest BCUT2D eigenvalue weighted by atomic mass is 10.4. The van der Waals surface area contributed by atoms with Gasteiger partial charge in [0.25, 0.3) is 0 Å². The highest BCUT2D eigenvalue weighted by atomic mass is 32.3. The van der Waals surface area contributed by atoms with E-state index in [1.165, 1.54) is 0 Å². The molecule has 0 aliphatic heterocycles. The topological polar surface area (TPSA) is 91.3 Å². The molecule has 1 rings (SSSR count). The standard InChI is InChI=1S/C11H20O7S2Si/c1-4-15-21(16-5-2,17-6-3)9-10-7-8-19-11(10)18-20(12,13)14/h7-8H,4-6,9H2,1-3H3,(H,12,13,14). The Balaban J connectivity index is 3.00. The van der Waals surface area contributed by atoms with Crippen LogP contribution < -0.4 is 4.18 Å². The van der Waals surface area contributed by atoms with Gasteiger partial charge in [-0.15, -0.1) is 11.3 Å². The van der Waals surface area contributed by atoms with Gasteiger partial charge in [-0.25, -0.2) is 0 Å². The van der Waals surface area contributed by atoms with Gasteiger partial charge in [-0.05, 0) is 32.2 Å². The Kier molecular flexibility index (Phi) is 7.26. The van der Waals surface area contributed by atoms with Gasteiger partial charge in [-0.2, -0.15) is 8.42 Å². The third-order valence-electron chi connectivity index (χ3n) is 2.39. The molecule has 21 heavy (non-hydrogen) atoms. The maximum atomic E-state index is 10.9. The number of hydrogen-bond acceptors (Lipinski definition) is 7. The van der Waals surface area contributed by atoms with Crippen molar-refractivity contribution in [2.24, 2.45) is 0 Å². The molecule has 1 aromatic heterocycles. The molecule has 1 aromatic rings. The number of rotatable bonds is 10. The van der Waals surface area contributed by atoms with Crippen LogP contribution in [0.5, 0.6) is 5.06 Å². The van der Waals surface area contributed by atoms with Crippen LogP contribution in [0.1, 0.15) is 26.3 Å². The minimum atomic E-state index is -4.56. The first-order chi connectivity index (χ1) is 9.86. The van der Waals surface area contributed by atoms with Gasteiger partial charge < -0.3 is 17.5 Å². The maximum Gasteiger partial charge on any atom is 0.505 e. The lowest BCUT2D eigenvalue weighted by molar-refractivity contribution is 0.0703. The lowest BCUT2D eigenvalue weighted by Crippen LogP contribution is -2.48. The van der Waals surface area contributed by atoms with Crippen molar-refractivity contribution in [2.45, 2.75) is 26.8 Å². The fraction of sp³-hybridized carbons (Fsp3) is 0.636. The van der Waals surface area contributed by atoms with Crippen molar-refractivity contribution in [1.82, 2.24) is 0 Å². The summed E-state index contributed by atoms with van der Waals surface area (Å²) in [7, 11) is -7.52. The second kappa shape index (κ2) is 8.22. The van der Waals surface area contributed by atoms with Gasteiger partial charge in [0, 0.05) is 31.4 Å². The summed E-state index contributed by atoms with van der Waals surface area (Å²) in [5, 5.41) is 1.76. The van der Waals surface area contributed by atoms with Gasteiger partial charge in [0.2, 0.25) is 5.06 Å². The summed E-state index contributed by atoms with van der Waals surface area (Å²) in [5.74, 6) is 0. The molecule has 0 bridgehead atoms. The molecule has 0 saturated carbocycles. The highest BCUT2D eigenvalue weighted by Gasteiger charge is 2.42. The zero-order valence-corrected chi connectivity index (χ0v) is 14.8. The van der Waals surface area contributed by atoms with Crippen LogP contribution in [0.3, 0.4) is 0 Å². The Hall–Kier alpha value is -0.493. The Morgan fingerprint density at radius 3 is 2.10 bits per heavy atom. The quantitative estimate of drug-likeness (QED) is 0.507. The third kappa shape index (κ3) is 6.02. The van der Waals surface area contributed by atoms with Crippen molar-refractivity contribution < 1.29 is 30.4 Å². The second-order valence-corrected chi connectivity index (χ2v) is 8.39. The van der Waals surface area contributed by atoms with Crippen LogP contribution in [0.2, 0.25) is 0 Å². The van der Waals surface area contributed by atoms with Gasteiger partial charge in [0.05, 0.1) is 0 Å². The maximum absolute atomic E-state index is 10.9. The normalized spacial score (nSPS) is 12.6. The zero-order chi connectivity index (χ0) is 15.9. The minimum absolute atomic E-state index is 0.0912. The SMILES string of the molecule is CCO[Si](Cc1ccsc1OS(=O)(=O)O)(OCC)OCC. The van der Waals surface area contributed by atoms with Crippen LogP contribution in [0.4, 0.5) is 0 Å². The molecule has 7 nitrogen and oxygen atoms in total. The van der Waals surface area contributed by atoms with E-state index in [9.17, 15) is 8.42 Å². The molecule has 0 aliphatic carbocycles. The van der Waals surface area contributed by atoms with Crippen molar-refractivity contribution in [1.29, 1.82) is 0 Å². The molecule has 0 amide bonds. The van der Waals surface area contributed by atoms with Gasteiger partial charge in [0.1, 0.15) is 0 Å². The van der Waals surface area contributed by atoms with E-state index in [1.54, 1.807) is 11.4 Å². The summed E-state index contributed by atoms with van der Waals surface area (Å²) < 4.78 is 52.2. The summed E-state index contributed by atoms with van der Waals surface area (Å²) in [6.45, 7) is 6.77. The smallest absolute Gasteiger partial charge is 0.374 e. The largest absolute Gasteiger partial charge is 0.505 e. The van der Waals surface area contributed by atoms with Gasteiger partial charge in [-0.3, -0.25) is 4.55 Å². The predicted octanol–water partition coefficient (Wildman–Crippen LogP) is 2.06. The highest BCUT2D eigenvalue weighted by Crippen LogP contribution is 2.31. The van der Waals surface area contributed by atoms with Gasteiger partial charge in [-0.1, -0.05) is 0 Å². The highest BCUT2D eigenvalue weighted by molar-refractivity contribution is 7.81. The summed E-state index contributed by atoms with van der Waals surface area (Å²) >= 11 is 1.07. The molecular formula is C11H20O7S2Si. The average Bonchev–Trinajstić information content (AvgIpc) is 2.75. The summed E-state index contributed by atoms with van der Waals surface area (Å²) in [6.07, 6.45) is 0.